The lowest BCUT2D eigenvalue weighted by molar-refractivity contribution is -0.139. The van der Waals surface area contributed by atoms with Gasteiger partial charge in [0, 0.05) is 13.1 Å². The SMILES string of the molecule is CC[C@@H](C)Oc1c(Br)cc(/C=C2/SC(=O)N(CC(=O)N3CCOCC3)C2=O)cc1OC. The largest absolute Gasteiger partial charge is 0.493 e. The number of methoxy groups -OCH3 is 1. The van der Waals surface area contributed by atoms with E-state index in [-0.39, 0.29) is 23.5 Å². The number of halogens is 1. The number of carbonyl (C=O) groups is 3. The summed E-state index contributed by atoms with van der Waals surface area (Å²) in [7, 11) is 1.54. The highest BCUT2D eigenvalue weighted by Crippen LogP contribution is 2.39. The quantitative estimate of drug-likeness (QED) is 0.516. The normalized spacial score (nSPS) is 19.2. The predicted octanol–water partition coefficient (Wildman–Crippen LogP) is 3.53. The first-order valence-electron chi connectivity index (χ1n) is 9.99. The van der Waals surface area contributed by atoms with E-state index >= 15 is 0 Å². The topological polar surface area (TPSA) is 85.4 Å². The van der Waals surface area contributed by atoms with Crippen LogP contribution in [-0.2, 0) is 14.3 Å². The Morgan fingerprint density at radius 2 is 2.03 bits per heavy atom. The number of morpholine rings is 1. The maximum atomic E-state index is 12.8. The zero-order valence-corrected chi connectivity index (χ0v) is 20.1. The summed E-state index contributed by atoms with van der Waals surface area (Å²) >= 11 is 4.32. The Balaban J connectivity index is 1.77. The molecule has 3 rings (SSSR count). The molecule has 2 saturated heterocycles. The van der Waals surface area contributed by atoms with Gasteiger partial charge in [-0.25, -0.2) is 0 Å². The Kier molecular flexibility index (Phi) is 8.01. The van der Waals surface area contributed by atoms with Crippen LogP contribution < -0.4 is 9.47 Å². The zero-order valence-electron chi connectivity index (χ0n) is 17.7. The first kappa shape index (κ1) is 23.6. The Hall–Kier alpha value is -2.04. The van der Waals surface area contributed by atoms with Gasteiger partial charge in [0.05, 0.1) is 35.8 Å². The molecule has 0 N–H and O–H groups in total. The molecule has 0 aliphatic carbocycles. The van der Waals surface area contributed by atoms with Crippen LogP contribution in [0.2, 0.25) is 0 Å². The zero-order chi connectivity index (χ0) is 22.5. The average molecular weight is 513 g/mol. The number of hydrogen-bond donors (Lipinski definition) is 0. The highest BCUT2D eigenvalue weighted by atomic mass is 79.9. The molecule has 2 fully saturated rings. The molecular formula is C21H25BrN2O6S. The van der Waals surface area contributed by atoms with Gasteiger partial charge < -0.3 is 19.1 Å². The van der Waals surface area contributed by atoms with Crippen LogP contribution in [0.1, 0.15) is 25.8 Å². The molecule has 0 aromatic heterocycles. The number of carbonyl (C=O) groups excluding carboxylic acids is 3. The maximum absolute atomic E-state index is 12.8. The van der Waals surface area contributed by atoms with Gasteiger partial charge in [-0.1, -0.05) is 6.92 Å². The number of nitrogens with zero attached hydrogens (tertiary/aromatic N) is 2. The molecule has 0 saturated carbocycles. The van der Waals surface area contributed by atoms with Crippen molar-refractivity contribution in [2.45, 2.75) is 26.4 Å². The minimum absolute atomic E-state index is 0.0107. The maximum Gasteiger partial charge on any atom is 0.294 e. The second kappa shape index (κ2) is 10.5. The number of amides is 3. The van der Waals surface area contributed by atoms with Gasteiger partial charge in [0.25, 0.3) is 11.1 Å². The summed E-state index contributed by atoms with van der Waals surface area (Å²) in [6, 6.07) is 3.54. The van der Waals surface area contributed by atoms with E-state index in [0.29, 0.717) is 47.8 Å². The highest BCUT2D eigenvalue weighted by Gasteiger charge is 2.37. The monoisotopic (exact) mass is 512 g/mol. The fraction of sp³-hybridized carbons (Fsp3) is 0.476. The third kappa shape index (κ3) is 5.61. The molecule has 2 aliphatic rings. The van der Waals surface area contributed by atoms with Gasteiger partial charge in [0.1, 0.15) is 6.54 Å². The minimum Gasteiger partial charge on any atom is -0.493 e. The van der Waals surface area contributed by atoms with E-state index in [2.05, 4.69) is 15.9 Å². The Labute approximate surface area is 194 Å². The summed E-state index contributed by atoms with van der Waals surface area (Å²) in [5, 5.41) is -0.458. The van der Waals surface area contributed by atoms with Crippen LogP contribution in [0, 0.1) is 0 Å². The molecule has 2 aliphatic heterocycles. The van der Waals surface area contributed by atoms with Crippen LogP contribution in [0.3, 0.4) is 0 Å². The smallest absolute Gasteiger partial charge is 0.294 e. The lowest BCUT2D eigenvalue weighted by atomic mass is 10.1. The molecule has 1 aromatic rings. The van der Waals surface area contributed by atoms with E-state index in [1.807, 2.05) is 13.8 Å². The summed E-state index contributed by atoms with van der Waals surface area (Å²) in [6.07, 6.45) is 2.47. The molecule has 0 spiro atoms. The first-order valence-corrected chi connectivity index (χ1v) is 11.6. The molecule has 3 amide bonds. The molecule has 168 valence electrons. The fourth-order valence-corrected chi connectivity index (χ4v) is 4.45. The molecular weight excluding hydrogens is 488 g/mol. The van der Waals surface area contributed by atoms with Crippen molar-refractivity contribution in [1.29, 1.82) is 0 Å². The number of imide groups is 1. The van der Waals surface area contributed by atoms with Crippen LogP contribution in [0.4, 0.5) is 4.79 Å². The number of thioether (sulfide) groups is 1. The van der Waals surface area contributed by atoms with Crippen molar-refractivity contribution in [3.05, 3.63) is 27.1 Å². The van der Waals surface area contributed by atoms with Crippen LogP contribution in [0.15, 0.2) is 21.5 Å². The summed E-state index contributed by atoms with van der Waals surface area (Å²) < 4.78 is 17.3. The van der Waals surface area contributed by atoms with Crippen molar-refractivity contribution in [3.63, 3.8) is 0 Å². The molecule has 8 nitrogen and oxygen atoms in total. The molecule has 1 atom stereocenters. The van der Waals surface area contributed by atoms with Gasteiger partial charge in [0.15, 0.2) is 11.5 Å². The van der Waals surface area contributed by atoms with Gasteiger partial charge in [-0.3, -0.25) is 19.3 Å². The molecule has 0 unspecified atom stereocenters. The standard InChI is InChI=1S/C21H25BrN2O6S/c1-4-13(2)30-19-15(22)9-14(10-16(19)28-3)11-17-20(26)24(21(27)31-17)12-18(25)23-5-7-29-8-6-23/h9-11,13H,4-8,12H2,1-3H3/b17-11+/t13-/m1/s1. The van der Waals surface area contributed by atoms with E-state index in [4.69, 9.17) is 14.2 Å². The van der Waals surface area contributed by atoms with Crippen molar-refractivity contribution in [3.8, 4) is 11.5 Å². The van der Waals surface area contributed by atoms with E-state index in [1.54, 1.807) is 30.2 Å². The Morgan fingerprint density at radius 3 is 2.68 bits per heavy atom. The van der Waals surface area contributed by atoms with Crippen LogP contribution >= 0.6 is 27.7 Å². The second-order valence-corrected chi connectivity index (χ2v) is 8.98. The van der Waals surface area contributed by atoms with Gasteiger partial charge in [0.2, 0.25) is 5.91 Å². The molecule has 2 heterocycles. The van der Waals surface area contributed by atoms with E-state index in [9.17, 15) is 14.4 Å². The average Bonchev–Trinajstić information content (AvgIpc) is 3.02. The van der Waals surface area contributed by atoms with E-state index < -0.39 is 11.1 Å². The van der Waals surface area contributed by atoms with Gasteiger partial charge in [-0.2, -0.15) is 0 Å². The lowest BCUT2D eigenvalue weighted by Gasteiger charge is -2.28. The van der Waals surface area contributed by atoms with Gasteiger partial charge >= 0.3 is 0 Å². The number of hydrogen-bond acceptors (Lipinski definition) is 7. The van der Waals surface area contributed by atoms with Crippen molar-refractivity contribution in [1.82, 2.24) is 9.80 Å². The molecule has 1 aromatic carbocycles. The number of ether oxygens (including phenoxy) is 3. The van der Waals surface area contributed by atoms with Crippen molar-refractivity contribution in [2.24, 2.45) is 0 Å². The van der Waals surface area contributed by atoms with E-state index in [0.717, 1.165) is 23.1 Å². The summed E-state index contributed by atoms with van der Waals surface area (Å²) in [6.45, 7) is 5.57. The Morgan fingerprint density at radius 1 is 1.32 bits per heavy atom. The minimum atomic E-state index is -0.480. The molecule has 0 bridgehead atoms. The lowest BCUT2D eigenvalue weighted by Crippen LogP contribution is -2.46. The summed E-state index contributed by atoms with van der Waals surface area (Å²) in [5.41, 5.74) is 0.672. The van der Waals surface area contributed by atoms with Crippen LogP contribution in [0.25, 0.3) is 6.08 Å². The highest BCUT2D eigenvalue weighted by molar-refractivity contribution is 9.10. The number of rotatable bonds is 7. The third-order valence-electron chi connectivity index (χ3n) is 4.97. The predicted molar refractivity (Wildman–Crippen MR) is 121 cm³/mol. The van der Waals surface area contributed by atoms with Crippen molar-refractivity contribution >= 4 is 50.8 Å². The molecule has 0 radical (unpaired) electrons. The second-order valence-electron chi connectivity index (χ2n) is 7.13. The van der Waals surface area contributed by atoms with E-state index in [1.165, 1.54) is 0 Å². The third-order valence-corrected chi connectivity index (χ3v) is 6.47. The molecule has 31 heavy (non-hydrogen) atoms. The van der Waals surface area contributed by atoms with Crippen LogP contribution in [0.5, 0.6) is 11.5 Å². The fourth-order valence-electron chi connectivity index (χ4n) is 3.06. The van der Waals surface area contributed by atoms with Crippen molar-refractivity contribution in [2.75, 3.05) is 40.0 Å². The summed E-state index contributed by atoms with van der Waals surface area (Å²) in [4.78, 5) is 40.5. The first-order chi connectivity index (χ1) is 14.8. The van der Waals surface area contributed by atoms with Crippen molar-refractivity contribution < 1.29 is 28.6 Å². The summed E-state index contributed by atoms with van der Waals surface area (Å²) in [5.74, 6) is 0.357. The van der Waals surface area contributed by atoms with Crippen LogP contribution in [-0.4, -0.2) is 72.9 Å². The van der Waals surface area contributed by atoms with Gasteiger partial charge in [-0.05, 0) is 64.8 Å². The molecule has 10 heteroatoms. The number of benzene rings is 1. The Bertz CT molecular complexity index is 900. The van der Waals surface area contributed by atoms with Gasteiger partial charge in [-0.15, -0.1) is 0 Å².